The third-order valence-corrected chi connectivity index (χ3v) is 6.22. The molecule has 6 nitrogen and oxygen atoms in total. The maximum Gasteiger partial charge on any atom is 0.258 e. The van der Waals surface area contributed by atoms with Gasteiger partial charge in [0.15, 0.2) is 0 Å². The van der Waals surface area contributed by atoms with E-state index in [9.17, 15) is 13.2 Å². The van der Waals surface area contributed by atoms with Gasteiger partial charge in [0.25, 0.3) is 5.91 Å². The third-order valence-electron chi connectivity index (χ3n) is 5.16. The summed E-state index contributed by atoms with van der Waals surface area (Å²) < 4.78 is 29.4. The molecule has 1 unspecified atom stereocenters. The molecule has 140 valence electrons. The molecule has 2 aromatic rings. The summed E-state index contributed by atoms with van der Waals surface area (Å²) in [6, 6.07) is 10.1. The van der Waals surface area contributed by atoms with Crippen LogP contribution in [0.4, 0.5) is 0 Å². The van der Waals surface area contributed by atoms with Crippen molar-refractivity contribution in [3.05, 3.63) is 53.0 Å². The number of carbonyl (C=O) groups excluding carboxylic acids is 1. The molecule has 0 radical (unpaired) electrons. The molecule has 0 aliphatic carbocycles. The molecule has 1 amide bonds. The average Bonchev–Trinajstić information content (AvgIpc) is 2.89. The summed E-state index contributed by atoms with van der Waals surface area (Å²) in [5, 5.41) is 5.32. The van der Waals surface area contributed by atoms with Crippen molar-refractivity contribution in [1.29, 1.82) is 0 Å². The number of benzene rings is 1. The highest BCUT2D eigenvalue weighted by molar-refractivity contribution is 7.89. The van der Waals surface area contributed by atoms with Crippen LogP contribution >= 0.6 is 0 Å². The molecule has 7 heteroatoms. The number of amides is 1. The lowest BCUT2D eigenvalue weighted by Crippen LogP contribution is -2.47. The van der Waals surface area contributed by atoms with Crippen LogP contribution in [0.3, 0.4) is 0 Å². The minimum Gasteiger partial charge on any atom is -0.464 e. The van der Waals surface area contributed by atoms with Crippen molar-refractivity contribution in [1.82, 2.24) is 4.90 Å². The van der Waals surface area contributed by atoms with Crippen molar-refractivity contribution in [3.8, 4) is 0 Å². The molecule has 2 heterocycles. The lowest BCUT2D eigenvalue weighted by atomic mass is 9.76. The normalized spacial score (nSPS) is 21.0. The Bertz CT molecular complexity index is 934. The second-order valence-corrected chi connectivity index (χ2v) is 8.72. The van der Waals surface area contributed by atoms with Gasteiger partial charge in [0, 0.05) is 18.5 Å². The van der Waals surface area contributed by atoms with E-state index in [1.54, 1.807) is 11.8 Å². The van der Waals surface area contributed by atoms with Gasteiger partial charge in [-0.25, -0.2) is 13.6 Å². The fourth-order valence-electron chi connectivity index (χ4n) is 3.90. The summed E-state index contributed by atoms with van der Waals surface area (Å²) >= 11 is 0. The Kier molecular flexibility index (Phi) is 4.71. The first kappa shape index (κ1) is 18.7. The van der Waals surface area contributed by atoms with Gasteiger partial charge in [-0.1, -0.05) is 37.3 Å². The number of furan rings is 1. The molecule has 0 spiro atoms. The van der Waals surface area contributed by atoms with E-state index >= 15 is 0 Å². The Labute approximate surface area is 154 Å². The van der Waals surface area contributed by atoms with Crippen molar-refractivity contribution in [3.63, 3.8) is 0 Å². The number of nitrogens with two attached hydrogens (primary N) is 1. The number of sulfonamides is 1. The first-order valence-corrected chi connectivity index (χ1v) is 10.2. The van der Waals surface area contributed by atoms with Gasteiger partial charge in [0.2, 0.25) is 10.0 Å². The zero-order chi connectivity index (χ0) is 19.1. The van der Waals surface area contributed by atoms with Gasteiger partial charge < -0.3 is 9.32 Å². The van der Waals surface area contributed by atoms with Crippen LogP contribution in [0.15, 0.2) is 39.6 Å². The van der Waals surface area contributed by atoms with Crippen LogP contribution in [0.5, 0.6) is 0 Å². The number of piperidine rings is 1. The maximum absolute atomic E-state index is 13.2. The molecule has 1 aliphatic heterocycles. The minimum atomic E-state index is -4.05. The van der Waals surface area contributed by atoms with Gasteiger partial charge in [-0.2, -0.15) is 0 Å². The summed E-state index contributed by atoms with van der Waals surface area (Å²) in [7, 11) is -4.05. The van der Waals surface area contributed by atoms with Crippen LogP contribution < -0.4 is 5.14 Å². The summed E-state index contributed by atoms with van der Waals surface area (Å²) in [6.45, 7) is 6.33. The Hall–Kier alpha value is -2.12. The summed E-state index contributed by atoms with van der Waals surface area (Å²) in [5.74, 6) is 0.0879. The minimum absolute atomic E-state index is 0.0577. The van der Waals surface area contributed by atoms with Gasteiger partial charge in [-0.3, -0.25) is 4.79 Å². The van der Waals surface area contributed by atoms with Crippen LogP contribution in [0, 0.1) is 13.8 Å². The zero-order valence-corrected chi connectivity index (χ0v) is 16.1. The van der Waals surface area contributed by atoms with Gasteiger partial charge >= 0.3 is 0 Å². The fourth-order valence-corrected chi connectivity index (χ4v) is 4.86. The molecular weight excluding hydrogens is 352 g/mol. The molecule has 1 aromatic heterocycles. The topological polar surface area (TPSA) is 93.6 Å². The number of aryl methyl sites for hydroxylation is 2. The molecule has 1 atom stereocenters. The largest absolute Gasteiger partial charge is 0.464 e. The summed E-state index contributed by atoms with van der Waals surface area (Å²) in [6.07, 6.45) is 1.81. The number of likely N-dealkylation sites (tertiary alicyclic amines) is 1. The number of nitrogens with zero attached hydrogens (tertiary/aromatic N) is 1. The van der Waals surface area contributed by atoms with Crippen molar-refractivity contribution < 1.29 is 17.6 Å². The van der Waals surface area contributed by atoms with E-state index in [4.69, 9.17) is 9.56 Å². The molecule has 3 rings (SSSR count). The summed E-state index contributed by atoms with van der Waals surface area (Å²) in [4.78, 5) is 14.7. The first-order chi connectivity index (χ1) is 12.1. The fraction of sp³-hybridized carbons (Fsp3) is 0.421. The predicted molar refractivity (Wildman–Crippen MR) is 98.5 cm³/mol. The maximum atomic E-state index is 13.2. The highest BCUT2D eigenvalue weighted by Crippen LogP contribution is 2.35. The van der Waals surface area contributed by atoms with E-state index in [0.29, 0.717) is 13.1 Å². The van der Waals surface area contributed by atoms with Gasteiger partial charge in [0.1, 0.15) is 22.0 Å². The molecule has 0 saturated carbocycles. The van der Waals surface area contributed by atoms with Crippen molar-refractivity contribution in [2.24, 2.45) is 5.14 Å². The van der Waals surface area contributed by atoms with Crippen LogP contribution in [0.2, 0.25) is 0 Å². The van der Waals surface area contributed by atoms with E-state index in [-0.39, 0.29) is 33.3 Å². The average molecular weight is 376 g/mol. The Morgan fingerprint density at radius 3 is 2.46 bits per heavy atom. The number of hydrogen-bond acceptors (Lipinski definition) is 4. The van der Waals surface area contributed by atoms with Gasteiger partial charge in [0.05, 0.1) is 0 Å². The van der Waals surface area contributed by atoms with Crippen LogP contribution in [0.25, 0.3) is 0 Å². The Morgan fingerprint density at radius 2 is 1.85 bits per heavy atom. The monoisotopic (exact) mass is 376 g/mol. The Balaban J connectivity index is 1.97. The zero-order valence-electron chi connectivity index (χ0n) is 15.3. The number of carbonyl (C=O) groups is 1. The van der Waals surface area contributed by atoms with Crippen LogP contribution in [-0.4, -0.2) is 32.3 Å². The van der Waals surface area contributed by atoms with Crippen LogP contribution in [-0.2, 0) is 15.4 Å². The highest BCUT2D eigenvalue weighted by atomic mass is 32.2. The molecule has 1 aromatic carbocycles. The SMILES string of the molecule is Cc1oc(C)c(S(N)(=O)=O)c1C(=O)N1CCCC(C)(c2ccccc2)C1. The first-order valence-electron chi connectivity index (χ1n) is 8.61. The molecule has 1 saturated heterocycles. The standard InChI is InChI=1S/C19H24N2O4S/c1-13-16(17(14(2)25-13)26(20,23)24)18(22)21-11-7-10-19(3,12-21)15-8-5-4-6-9-15/h4-6,8-9H,7,10-12H2,1-3H3,(H2,20,23,24). The Morgan fingerprint density at radius 1 is 1.19 bits per heavy atom. The van der Waals surface area contributed by atoms with E-state index in [0.717, 1.165) is 12.8 Å². The van der Waals surface area contributed by atoms with E-state index in [1.807, 2.05) is 18.2 Å². The van der Waals surface area contributed by atoms with Gasteiger partial charge in [-0.15, -0.1) is 0 Å². The number of rotatable bonds is 3. The van der Waals surface area contributed by atoms with Crippen LogP contribution in [0.1, 0.15) is 47.2 Å². The van der Waals surface area contributed by atoms with E-state index in [2.05, 4.69) is 19.1 Å². The molecule has 1 aliphatic rings. The predicted octanol–water partition coefficient (Wildman–Crippen LogP) is 2.74. The second-order valence-electron chi connectivity index (χ2n) is 7.22. The molecule has 0 bridgehead atoms. The second kappa shape index (κ2) is 6.55. The quantitative estimate of drug-likeness (QED) is 0.891. The number of primary sulfonamides is 1. The smallest absolute Gasteiger partial charge is 0.258 e. The number of hydrogen-bond donors (Lipinski definition) is 1. The van der Waals surface area contributed by atoms with Crippen molar-refractivity contribution in [2.75, 3.05) is 13.1 Å². The molecule has 1 fully saturated rings. The highest BCUT2D eigenvalue weighted by Gasteiger charge is 2.38. The molecular formula is C19H24N2O4S. The van der Waals surface area contributed by atoms with Crippen molar-refractivity contribution in [2.45, 2.75) is 43.9 Å². The lowest BCUT2D eigenvalue weighted by Gasteiger charge is -2.41. The molecule has 2 N–H and O–H groups in total. The van der Waals surface area contributed by atoms with E-state index in [1.165, 1.54) is 12.5 Å². The lowest BCUT2D eigenvalue weighted by molar-refractivity contribution is 0.0645. The molecule has 26 heavy (non-hydrogen) atoms. The summed E-state index contributed by atoms with van der Waals surface area (Å²) in [5.41, 5.74) is 1.05. The van der Waals surface area contributed by atoms with E-state index < -0.39 is 10.0 Å². The van der Waals surface area contributed by atoms with Gasteiger partial charge in [-0.05, 0) is 32.3 Å². The van der Waals surface area contributed by atoms with Crippen molar-refractivity contribution >= 4 is 15.9 Å². The third kappa shape index (κ3) is 3.29.